The molecular weight excluding hydrogens is 250 g/mol. The quantitative estimate of drug-likeness (QED) is 0.705. The Morgan fingerprint density at radius 3 is 2.25 bits per heavy atom. The molecule has 1 unspecified atom stereocenters. The lowest BCUT2D eigenvalue weighted by Crippen LogP contribution is -2.29. The second kappa shape index (κ2) is 9.65. The number of hydrogen-bond acceptors (Lipinski definition) is 3. The maximum atomic E-state index is 5.88. The van der Waals surface area contributed by atoms with Crippen LogP contribution in [0.5, 0.6) is 11.5 Å². The fraction of sp³-hybridized carbons (Fsp3) is 0.647. The largest absolute Gasteiger partial charge is 0.490 e. The molecule has 1 rings (SSSR count). The molecule has 0 aromatic heterocycles. The van der Waals surface area contributed by atoms with Gasteiger partial charge in [0, 0.05) is 6.04 Å². The van der Waals surface area contributed by atoms with Crippen molar-refractivity contribution in [3.8, 4) is 11.5 Å². The molecule has 0 saturated carbocycles. The van der Waals surface area contributed by atoms with E-state index in [9.17, 15) is 0 Å². The maximum Gasteiger partial charge on any atom is 0.161 e. The third-order valence-corrected chi connectivity index (χ3v) is 3.32. The maximum absolute atomic E-state index is 5.88. The van der Waals surface area contributed by atoms with E-state index < -0.39 is 0 Å². The van der Waals surface area contributed by atoms with E-state index in [0.717, 1.165) is 31.1 Å². The molecule has 0 bridgehead atoms. The van der Waals surface area contributed by atoms with Crippen LogP contribution >= 0.6 is 0 Å². The van der Waals surface area contributed by atoms with E-state index in [1.54, 1.807) is 0 Å². The standard InChI is InChI=1S/C17H29NO2/c1-5-15(13-18-14(3)4)11-12-20-17-10-8-7-9-16(17)19-6-2/h7-10,14-15,18H,5-6,11-13H2,1-4H3. The van der Waals surface area contributed by atoms with Crippen LogP contribution in [0.25, 0.3) is 0 Å². The Balaban J connectivity index is 2.38. The van der Waals surface area contributed by atoms with Crippen LogP contribution in [0.15, 0.2) is 24.3 Å². The second-order valence-corrected chi connectivity index (χ2v) is 5.35. The SMILES string of the molecule is CCOc1ccccc1OCCC(CC)CNC(C)C. The summed E-state index contributed by atoms with van der Waals surface area (Å²) in [5.41, 5.74) is 0. The van der Waals surface area contributed by atoms with Gasteiger partial charge in [-0.1, -0.05) is 39.3 Å². The molecule has 1 aromatic carbocycles. The molecule has 0 radical (unpaired) electrons. The van der Waals surface area contributed by atoms with Crippen molar-refractivity contribution in [1.82, 2.24) is 5.32 Å². The molecule has 1 N–H and O–H groups in total. The predicted octanol–water partition coefficient (Wildman–Crippen LogP) is 3.88. The van der Waals surface area contributed by atoms with E-state index in [4.69, 9.17) is 9.47 Å². The van der Waals surface area contributed by atoms with Gasteiger partial charge in [-0.3, -0.25) is 0 Å². The topological polar surface area (TPSA) is 30.5 Å². The van der Waals surface area contributed by atoms with Gasteiger partial charge in [0.1, 0.15) is 0 Å². The van der Waals surface area contributed by atoms with Crippen LogP contribution in [0.2, 0.25) is 0 Å². The van der Waals surface area contributed by atoms with Gasteiger partial charge in [-0.15, -0.1) is 0 Å². The molecule has 0 aliphatic rings. The van der Waals surface area contributed by atoms with Gasteiger partial charge in [0.05, 0.1) is 13.2 Å². The van der Waals surface area contributed by atoms with Crippen LogP contribution in [-0.2, 0) is 0 Å². The van der Waals surface area contributed by atoms with Crippen LogP contribution in [0.3, 0.4) is 0 Å². The van der Waals surface area contributed by atoms with E-state index >= 15 is 0 Å². The highest BCUT2D eigenvalue weighted by atomic mass is 16.5. The molecule has 0 saturated heterocycles. The Labute approximate surface area is 123 Å². The summed E-state index contributed by atoms with van der Waals surface area (Å²) >= 11 is 0. The molecule has 0 heterocycles. The Morgan fingerprint density at radius 2 is 1.70 bits per heavy atom. The lowest BCUT2D eigenvalue weighted by Gasteiger charge is -2.18. The number of ether oxygens (including phenoxy) is 2. The van der Waals surface area contributed by atoms with Gasteiger partial charge in [0.2, 0.25) is 0 Å². The average Bonchev–Trinajstić information content (AvgIpc) is 2.44. The normalized spacial score (nSPS) is 12.4. The predicted molar refractivity (Wildman–Crippen MR) is 84.6 cm³/mol. The third-order valence-electron chi connectivity index (χ3n) is 3.32. The summed E-state index contributed by atoms with van der Waals surface area (Å²) in [4.78, 5) is 0. The summed E-state index contributed by atoms with van der Waals surface area (Å²) in [7, 11) is 0. The molecule has 0 fully saturated rings. The molecule has 0 aliphatic carbocycles. The fourth-order valence-corrected chi connectivity index (χ4v) is 2.03. The highest BCUT2D eigenvalue weighted by Crippen LogP contribution is 2.26. The zero-order valence-electron chi connectivity index (χ0n) is 13.3. The van der Waals surface area contributed by atoms with Crippen molar-refractivity contribution in [3.63, 3.8) is 0 Å². The van der Waals surface area contributed by atoms with E-state index in [1.807, 2.05) is 31.2 Å². The summed E-state index contributed by atoms with van der Waals surface area (Å²) in [5.74, 6) is 2.35. The lowest BCUT2D eigenvalue weighted by molar-refractivity contribution is 0.249. The van der Waals surface area contributed by atoms with Crippen molar-refractivity contribution in [1.29, 1.82) is 0 Å². The molecule has 0 spiro atoms. The zero-order chi connectivity index (χ0) is 14.8. The van der Waals surface area contributed by atoms with Gasteiger partial charge >= 0.3 is 0 Å². The van der Waals surface area contributed by atoms with Crippen molar-refractivity contribution in [2.75, 3.05) is 19.8 Å². The van der Waals surface area contributed by atoms with Crippen molar-refractivity contribution in [2.24, 2.45) is 5.92 Å². The van der Waals surface area contributed by atoms with E-state index in [2.05, 4.69) is 26.1 Å². The van der Waals surface area contributed by atoms with Gasteiger partial charge in [-0.05, 0) is 37.9 Å². The first-order valence-corrected chi connectivity index (χ1v) is 7.75. The highest BCUT2D eigenvalue weighted by molar-refractivity contribution is 5.39. The van der Waals surface area contributed by atoms with Gasteiger partial charge in [0.15, 0.2) is 11.5 Å². The molecule has 1 atom stereocenters. The average molecular weight is 279 g/mol. The monoisotopic (exact) mass is 279 g/mol. The summed E-state index contributed by atoms with van der Waals surface area (Å²) in [6.07, 6.45) is 2.24. The van der Waals surface area contributed by atoms with Gasteiger partial charge in [-0.2, -0.15) is 0 Å². The molecule has 1 aromatic rings. The molecule has 20 heavy (non-hydrogen) atoms. The summed E-state index contributed by atoms with van der Waals surface area (Å²) in [5, 5.41) is 3.50. The van der Waals surface area contributed by atoms with Crippen LogP contribution < -0.4 is 14.8 Å². The molecular formula is C17H29NO2. The minimum Gasteiger partial charge on any atom is -0.490 e. The third kappa shape index (κ3) is 6.29. The Kier molecular flexibility index (Phi) is 8.12. The number of para-hydroxylation sites is 2. The van der Waals surface area contributed by atoms with Gasteiger partial charge in [0.25, 0.3) is 0 Å². The number of hydrogen-bond donors (Lipinski definition) is 1. The highest BCUT2D eigenvalue weighted by Gasteiger charge is 2.09. The first-order valence-electron chi connectivity index (χ1n) is 7.75. The molecule has 3 heteroatoms. The molecule has 0 amide bonds. The fourth-order valence-electron chi connectivity index (χ4n) is 2.03. The lowest BCUT2D eigenvalue weighted by atomic mass is 10.0. The molecule has 0 aliphatic heterocycles. The minimum atomic E-state index is 0.545. The summed E-state index contributed by atoms with van der Waals surface area (Å²) in [6.45, 7) is 11.1. The number of rotatable bonds is 10. The van der Waals surface area contributed by atoms with Gasteiger partial charge < -0.3 is 14.8 Å². The zero-order valence-corrected chi connectivity index (χ0v) is 13.3. The summed E-state index contributed by atoms with van der Waals surface area (Å²) < 4.78 is 11.4. The summed E-state index contributed by atoms with van der Waals surface area (Å²) in [6, 6.07) is 8.42. The van der Waals surface area contributed by atoms with E-state index in [-0.39, 0.29) is 0 Å². The molecule has 3 nitrogen and oxygen atoms in total. The second-order valence-electron chi connectivity index (χ2n) is 5.35. The van der Waals surface area contributed by atoms with Crippen LogP contribution in [-0.4, -0.2) is 25.8 Å². The minimum absolute atomic E-state index is 0.545. The first-order chi connectivity index (χ1) is 9.67. The van der Waals surface area contributed by atoms with E-state index in [0.29, 0.717) is 18.6 Å². The number of nitrogens with one attached hydrogen (secondary N) is 1. The molecule has 114 valence electrons. The van der Waals surface area contributed by atoms with Gasteiger partial charge in [-0.25, -0.2) is 0 Å². The Morgan fingerprint density at radius 1 is 1.05 bits per heavy atom. The van der Waals surface area contributed by atoms with Crippen molar-refractivity contribution < 1.29 is 9.47 Å². The van der Waals surface area contributed by atoms with Crippen molar-refractivity contribution >= 4 is 0 Å². The van der Waals surface area contributed by atoms with Crippen LogP contribution in [0.4, 0.5) is 0 Å². The van der Waals surface area contributed by atoms with Crippen molar-refractivity contribution in [2.45, 2.75) is 46.6 Å². The first kappa shape index (κ1) is 16.8. The number of benzene rings is 1. The van der Waals surface area contributed by atoms with Crippen molar-refractivity contribution in [3.05, 3.63) is 24.3 Å². The van der Waals surface area contributed by atoms with Crippen LogP contribution in [0, 0.1) is 5.92 Å². The van der Waals surface area contributed by atoms with Crippen LogP contribution in [0.1, 0.15) is 40.5 Å². The smallest absolute Gasteiger partial charge is 0.161 e. The van der Waals surface area contributed by atoms with E-state index in [1.165, 1.54) is 6.42 Å². The Bertz CT molecular complexity index is 366. The Hall–Kier alpha value is -1.22.